The number of amides is 1. The molecule has 0 spiro atoms. The molecule has 156 valence electrons. The second-order valence-corrected chi connectivity index (χ2v) is 8.40. The molecule has 0 aliphatic heterocycles. The summed E-state index contributed by atoms with van der Waals surface area (Å²) in [5, 5.41) is 7.32. The number of hydrogen-bond acceptors (Lipinski definition) is 5. The molecule has 0 bridgehead atoms. The highest BCUT2D eigenvalue weighted by Gasteiger charge is 2.13. The maximum atomic E-state index is 12.5. The second-order valence-electron chi connectivity index (χ2n) is 6.55. The first kappa shape index (κ1) is 21.2. The van der Waals surface area contributed by atoms with Crippen LogP contribution in [0.1, 0.15) is 17.3 Å². The summed E-state index contributed by atoms with van der Waals surface area (Å²) in [5.74, 6) is 0.312. The molecule has 0 fully saturated rings. The molecule has 0 aliphatic rings. The molecule has 31 heavy (non-hydrogen) atoms. The van der Waals surface area contributed by atoms with Gasteiger partial charge in [-0.2, -0.15) is 0 Å². The van der Waals surface area contributed by atoms with E-state index in [9.17, 15) is 4.79 Å². The number of benzene rings is 3. The molecule has 0 unspecified atom stereocenters. The summed E-state index contributed by atoms with van der Waals surface area (Å²) in [6, 6.07) is 20.3. The summed E-state index contributed by atoms with van der Waals surface area (Å²) < 4.78 is 6.53. The molecular weight excluding hydrogens is 450 g/mol. The van der Waals surface area contributed by atoms with Gasteiger partial charge in [0, 0.05) is 16.8 Å². The summed E-state index contributed by atoms with van der Waals surface area (Å²) >= 11 is 13.3. The minimum Gasteiger partial charge on any atom is -0.494 e. The van der Waals surface area contributed by atoms with Crippen molar-refractivity contribution in [3.8, 4) is 16.3 Å². The standard InChI is InChI=1S/C23H18ClN3O2S2/c1-2-29-16-7-5-6-14(12-16)21(28)27-23(30)25-15-10-11-18(24)17(13-15)22-26-19-8-3-4-9-20(19)31-22/h3-13H,2H2,1H3,(H2,25,27,28,30). The highest BCUT2D eigenvalue weighted by Crippen LogP contribution is 2.35. The number of fused-ring (bicyclic) bond motifs is 1. The van der Waals surface area contributed by atoms with Crippen molar-refractivity contribution in [2.45, 2.75) is 6.92 Å². The van der Waals surface area contributed by atoms with Gasteiger partial charge in [0.1, 0.15) is 10.8 Å². The number of para-hydroxylation sites is 1. The molecule has 4 rings (SSSR count). The summed E-state index contributed by atoms with van der Waals surface area (Å²) in [6.45, 7) is 2.42. The van der Waals surface area contributed by atoms with Crippen LogP contribution < -0.4 is 15.4 Å². The fourth-order valence-electron chi connectivity index (χ4n) is 2.99. The Morgan fingerprint density at radius 1 is 1.13 bits per heavy atom. The van der Waals surface area contributed by atoms with Gasteiger partial charge in [0.15, 0.2) is 5.11 Å². The molecule has 8 heteroatoms. The zero-order valence-corrected chi connectivity index (χ0v) is 18.9. The number of thiocarbonyl (C=S) groups is 1. The Bertz CT molecular complexity index is 1240. The Hall–Kier alpha value is -3.00. The third kappa shape index (κ3) is 5.02. The number of aromatic nitrogens is 1. The minimum absolute atomic E-state index is 0.185. The minimum atomic E-state index is -0.320. The smallest absolute Gasteiger partial charge is 0.257 e. The highest BCUT2D eigenvalue weighted by molar-refractivity contribution is 7.80. The number of carbonyl (C=O) groups is 1. The molecule has 5 nitrogen and oxygen atoms in total. The van der Waals surface area contributed by atoms with Crippen LogP contribution in [-0.2, 0) is 0 Å². The van der Waals surface area contributed by atoms with E-state index in [0.717, 1.165) is 20.8 Å². The zero-order chi connectivity index (χ0) is 21.8. The Labute approximate surface area is 194 Å². The lowest BCUT2D eigenvalue weighted by molar-refractivity contribution is 0.0977. The molecule has 1 aromatic heterocycles. The van der Waals surface area contributed by atoms with E-state index in [4.69, 9.17) is 28.6 Å². The van der Waals surface area contributed by atoms with Crippen molar-refractivity contribution in [1.29, 1.82) is 0 Å². The van der Waals surface area contributed by atoms with Crippen LogP contribution in [0.3, 0.4) is 0 Å². The van der Waals surface area contributed by atoms with E-state index in [1.54, 1.807) is 47.7 Å². The van der Waals surface area contributed by atoms with Crippen LogP contribution >= 0.6 is 35.2 Å². The van der Waals surface area contributed by atoms with Crippen molar-refractivity contribution in [3.63, 3.8) is 0 Å². The predicted molar refractivity (Wildman–Crippen MR) is 131 cm³/mol. The molecule has 0 saturated carbocycles. The van der Waals surface area contributed by atoms with Crippen LogP contribution in [0.15, 0.2) is 66.7 Å². The molecular formula is C23H18ClN3O2S2. The van der Waals surface area contributed by atoms with Crippen molar-refractivity contribution in [1.82, 2.24) is 10.3 Å². The second kappa shape index (κ2) is 9.43. The molecule has 1 heterocycles. The van der Waals surface area contributed by atoms with Gasteiger partial charge in [-0.1, -0.05) is 29.8 Å². The maximum Gasteiger partial charge on any atom is 0.257 e. The van der Waals surface area contributed by atoms with E-state index < -0.39 is 0 Å². The molecule has 3 aromatic carbocycles. The number of anilines is 1. The van der Waals surface area contributed by atoms with Gasteiger partial charge >= 0.3 is 0 Å². The molecule has 0 radical (unpaired) electrons. The number of nitrogens with one attached hydrogen (secondary N) is 2. The molecule has 4 aromatic rings. The van der Waals surface area contributed by atoms with Crippen molar-refractivity contribution < 1.29 is 9.53 Å². The van der Waals surface area contributed by atoms with Crippen LogP contribution in [0.2, 0.25) is 5.02 Å². The predicted octanol–water partition coefficient (Wildman–Crippen LogP) is 6.14. The van der Waals surface area contributed by atoms with Gasteiger partial charge < -0.3 is 10.1 Å². The topological polar surface area (TPSA) is 63.2 Å². The molecule has 1 amide bonds. The number of nitrogens with zero attached hydrogens (tertiary/aromatic N) is 1. The van der Waals surface area contributed by atoms with E-state index in [1.807, 2.05) is 37.3 Å². The summed E-state index contributed by atoms with van der Waals surface area (Å²) in [4.78, 5) is 17.2. The third-order valence-electron chi connectivity index (χ3n) is 4.38. The lowest BCUT2D eigenvalue weighted by atomic mass is 10.2. The van der Waals surface area contributed by atoms with Gasteiger partial charge in [-0.05, 0) is 67.7 Å². The van der Waals surface area contributed by atoms with Crippen LogP contribution in [0.25, 0.3) is 20.8 Å². The van der Waals surface area contributed by atoms with E-state index in [-0.39, 0.29) is 11.0 Å². The number of carbonyl (C=O) groups excluding carboxylic acids is 1. The van der Waals surface area contributed by atoms with Gasteiger partial charge in [0.05, 0.1) is 21.8 Å². The van der Waals surface area contributed by atoms with Crippen molar-refractivity contribution in [2.24, 2.45) is 0 Å². The summed E-state index contributed by atoms with van der Waals surface area (Å²) in [5.41, 5.74) is 2.88. The van der Waals surface area contributed by atoms with Gasteiger partial charge in [-0.15, -0.1) is 11.3 Å². The van der Waals surface area contributed by atoms with Crippen molar-refractivity contribution >= 4 is 62.1 Å². The average Bonchev–Trinajstić information content (AvgIpc) is 3.19. The zero-order valence-electron chi connectivity index (χ0n) is 16.5. The fraction of sp³-hybridized carbons (Fsp3) is 0.0870. The number of hydrogen-bond donors (Lipinski definition) is 2. The normalized spacial score (nSPS) is 10.6. The lowest BCUT2D eigenvalue weighted by Gasteiger charge is -2.12. The molecule has 0 saturated heterocycles. The lowest BCUT2D eigenvalue weighted by Crippen LogP contribution is -2.34. The monoisotopic (exact) mass is 467 g/mol. The van der Waals surface area contributed by atoms with Crippen LogP contribution in [0.5, 0.6) is 5.75 Å². The van der Waals surface area contributed by atoms with Gasteiger partial charge in [-0.3, -0.25) is 10.1 Å². The van der Waals surface area contributed by atoms with E-state index in [1.165, 1.54) is 0 Å². The number of halogens is 1. The van der Waals surface area contributed by atoms with Crippen LogP contribution in [-0.4, -0.2) is 22.6 Å². The number of rotatable bonds is 5. The summed E-state index contributed by atoms with van der Waals surface area (Å²) in [7, 11) is 0. The number of ether oxygens (including phenoxy) is 1. The van der Waals surface area contributed by atoms with Gasteiger partial charge in [0.25, 0.3) is 5.91 Å². The Balaban J connectivity index is 1.49. The fourth-order valence-corrected chi connectivity index (χ4v) is 4.46. The van der Waals surface area contributed by atoms with Crippen LogP contribution in [0.4, 0.5) is 5.69 Å². The van der Waals surface area contributed by atoms with Crippen LogP contribution in [0, 0.1) is 0 Å². The first-order chi connectivity index (χ1) is 15.0. The SMILES string of the molecule is CCOc1cccc(C(=O)NC(=S)Nc2ccc(Cl)c(-c3nc4ccccc4s3)c2)c1. The van der Waals surface area contributed by atoms with Crippen molar-refractivity contribution in [2.75, 3.05) is 11.9 Å². The largest absolute Gasteiger partial charge is 0.494 e. The summed E-state index contributed by atoms with van der Waals surface area (Å²) in [6.07, 6.45) is 0. The molecule has 0 atom stereocenters. The van der Waals surface area contributed by atoms with Gasteiger partial charge in [-0.25, -0.2) is 4.98 Å². The Morgan fingerprint density at radius 3 is 2.77 bits per heavy atom. The molecule has 0 aliphatic carbocycles. The van der Waals surface area contributed by atoms with E-state index in [0.29, 0.717) is 28.6 Å². The first-order valence-electron chi connectivity index (χ1n) is 9.54. The highest BCUT2D eigenvalue weighted by atomic mass is 35.5. The average molecular weight is 468 g/mol. The van der Waals surface area contributed by atoms with E-state index >= 15 is 0 Å². The van der Waals surface area contributed by atoms with Crippen molar-refractivity contribution in [3.05, 3.63) is 77.3 Å². The molecule has 2 N–H and O–H groups in total. The number of thiazole rings is 1. The van der Waals surface area contributed by atoms with Gasteiger partial charge in [0.2, 0.25) is 0 Å². The Kier molecular flexibility index (Phi) is 6.46. The Morgan fingerprint density at radius 2 is 1.97 bits per heavy atom. The maximum absolute atomic E-state index is 12.5. The van der Waals surface area contributed by atoms with E-state index in [2.05, 4.69) is 15.6 Å². The quantitative estimate of drug-likeness (QED) is 0.345. The third-order valence-corrected chi connectivity index (χ3v) is 5.99. The first-order valence-corrected chi connectivity index (χ1v) is 11.1.